The van der Waals surface area contributed by atoms with Crippen molar-refractivity contribution in [2.45, 2.75) is 235 Å². The molecule has 9 fully saturated rings. The quantitative estimate of drug-likeness (QED) is 0.222. The third-order valence-electron chi connectivity index (χ3n) is 23.5. The van der Waals surface area contributed by atoms with Crippen LogP contribution < -0.4 is 5.32 Å². The van der Waals surface area contributed by atoms with Crippen molar-refractivity contribution in [1.29, 1.82) is 0 Å². The fourth-order valence-electron chi connectivity index (χ4n) is 19.4. The van der Waals surface area contributed by atoms with Crippen LogP contribution in [0.1, 0.15) is 216 Å². The van der Waals surface area contributed by atoms with Crippen molar-refractivity contribution in [1.82, 2.24) is 25.0 Å². The first-order valence-corrected chi connectivity index (χ1v) is 27.2. The van der Waals surface area contributed by atoms with E-state index >= 15 is 4.79 Å². The number of nitrogens with one attached hydrogen (secondary N) is 1. The first-order valence-electron chi connectivity index (χ1n) is 27.2. The summed E-state index contributed by atoms with van der Waals surface area (Å²) in [5.41, 5.74) is -0.534. The average Bonchev–Trinajstić information content (AvgIpc) is 3.52. The smallest absolute Gasteiger partial charge is 0.309 e. The van der Waals surface area contributed by atoms with Gasteiger partial charge in [-0.05, 0) is 187 Å². The highest BCUT2D eigenvalue weighted by Gasteiger charge is 2.74. The molecule has 3 heterocycles. The molecule has 2 unspecified atom stereocenters. The molecule has 1 amide bonds. The van der Waals surface area contributed by atoms with Crippen LogP contribution in [0.15, 0.2) is 0 Å². The van der Waals surface area contributed by atoms with E-state index in [0.717, 1.165) is 69.6 Å². The summed E-state index contributed by atoms with van der Waals surface area (Å²) in [6, 6.07) is 1.49. The highest BCUT2D eigenvalue weighted by Crippen LogP contribution is 2.79. The predicted molar refractivity (Wildman–Crippen MR) is 257 cm³/mol. The second kappa shape index (κ2) is 15.3. The molecule has 0 aromatic carbocycles. The maximum absolute atomic E-state index is 15.6. The highest BCUT2D eigenvalue weighted by atomic mass is 16.5. The van der Waals surface area contributed by atoms with E-state index in [1.165, 1.54) is 51.4 Å². The number of aryl methyl sites for hydroxylation is 1. The molecule has 66 heavy (non-hydrogen) atoms. The van der Waals surface area contributed by atoms with E-state index in [9.17, 15) is 14.7 Å². The number of nitrogens with zero attached hydrogens (tertiary/aromatic N) is 4. The van der Waals surface area contributed by atoms with E-state index in [2.05, 4.69) is 101 Å². The van der Waals surface area contributed by atoms with Crippen molar-refractivity contribution in [3.8, 4) is 0 Å². The van der Waals surface area contributed by atoms with Gasteiger partial charge >= 0.3 is 11.9 Å². The molecule has 14 atom stereocenters. The van der Waals surface area contributed by atoms with Gasteiger partial charge in [-0.25, -0.2) is 0 Å². The summed E-state index contributed by atoms with van der Waals surface area (Å²) in [7, 11) is 0. The zero-order valence-corrected chi connectivity index (χ0v) is 43.5. The van der Waals surface area contributed by atoms with E-state index in [0.29, 0.717) is 71.4 Å². The minimum absolute atomic E-state index is 0.143. The van der Waals surface area contributed by atoms with Crippen LogP contribution in [0.5, 0.6) is 0 Å². The molecule has 368 valence electrons. The summed E-state index contributed by atoms with van der Waals surface area (Å²) in [6.45, 7) is 31.3. The molecule has 2 saturated heterocycles. The first kappa shape index (κ1) is 47.2. The molecule has 2 bridgehead atoms. The topological polar surface area (TPSA) is 127 Å². The lowest BCUT2D eigenvalue weighted by Gasteiger charge is -2.73. The molecular weight excluding hydrogens is 823 g/mol. The largest absolute Gasteiger partial charge is 0.481 e. The number of aliphatic carboxylic acids is 1. The van der Waals surface area contributed by atoms with Crippen LogP contribution in [0.4, 0.5) is 0 Å². The number of esters is 1. The summed E-state index contributed by atoms with van der Waals surface area (Å²) < 4.78 is 8.97. The van der Waals surface area contributed by atoms with E-state index in [4.69, 9.17) is 4.74 Å². The van der Waals surface area contributed by atoms with Crippen LogP contribution in [-0.4, -0.2) is 72.9 Å². The van der Waals surface area contributed by atoms with Gasteiger partial charge in [0.1, 0.15) is 17.8 Å². The van der Waals surface area contributed by atoms with Crippen molar-refractivity contribution < 1.29 is 24.2 Å². The summed E-state index contributed by atoms with van der Waals surface area (Å²) in [5, 5.41) is 22.7. The lowest BCUT2D eigenvalue weighted by Crippen LogP contribution is -2.68. The third-order valence-corrected chi connectivity index (χ3v) is 23.5. The number of ether oxygens (including phenoxy) is 1. The predicted octanol–water partition coefficient (Wildman–Crippen LogP) is 11.3. The van der Waals surface area contributed by atoms with E-state index < -0.39 is 17.3 Å². The lowest BCUT2D eigenvalue weighted by molar-refractivity contribution is -0.252. The number of carbonyl (C=O) groups excluding carboxylic acids is 2. The second-order valence-electron chi connectivity index (χ2n) is 28.1. The Bertz CT molecular complexity index is 2110. The Kier molecular flexibility index (Phi) is 10.9. The van der Waals surface area contributed by atoms with Crippen LogP contribution >= 0.6 is 0 Å². The number of aromatic nitrogens is 3. The minimum atomic E-state index is -0.808. The molecule has 7 aliphatic carbocycles. The van der Waals surface area contributed by atoms with Crippen LogP contribution in [-0.2, 0) is 19.1 Å². The number of hydrogen-bond donors (Lipinski definition) is 2. The monoisotopic (exact) mass is 912 g/mol. The Balaban J connectivity index is 0.860. The normalized spacial score (nSPS) is 45.2. The summed E-state index contributed by atoms with van der Waals surface area (Å²) >= 11 is 0. The van der Waals surface area contributed by atoms with Crippen molar-refractivity contribution in [2.24, 2.45) is 79.3 Å². The average molecular weight is 912 g/mol. The zero-order valence-electron chi connectivity index (χ0n) is 43.5. The number of fused-ring (bicyclic) bond motifs is 9. The molecule has 2 aliphatic heterocycles. The van der Waals surface area contributed by atoms with Crippen molar-refractivity contribution in [3.63, 3.8) is 0 Å². The van der Waals surface area contributed by atoms with Gasteiger partial charge in [0.15, 0.2) is 0 Å². The number of carboxylic acid groups (broad SMARTS) is 1. The van der Waals surface area contributed by atoms with E-state index in [-0.39, 0.29) is 50.6 Å². The fourth-order valence-corrected chi connectivity index (χ4v) is 19.4. The number of carboxylic acids is 1. The van der Waals surface area contributed by atoms with Crippen LogP contribution in [0.2, 0.25) is 0 Å². The lowest BCUT2D eigenvalue weighted by atomic mass is 9.32. The molecule has 10 rings (SSSR count). The molecule has 0 radical (unpaired) electrons. The first-order chi connectivity index (χ1) is 30.7. The summed E-state index contributed by atoms with van der Waals surface area (Å²) in [4.78, 5) is 44.0. The van der Waals surface area contributed by atoms with Crippen LogP contribution in [0, 0.1) is 86.3 Å². The zero-order chi connectivity index (χ0) is 47.5. The number of hydrogen-bond acceptors (Lipinski definition) is 7. The van der Waals surface area contributed by atoms with Gasteiger partial charge in [-0.1, -0.05) is 69.2 Å². The van der Waals surface area contributed by atoms with E-state index in [1.807, 2.05) is 13.8 Å². The van der Waals surface area contributed by atoms with Gasteiger partial charge in [-0.3, -0.25) is 19.3 Å². The number of piperidine rings is 1. The van der Waals surface area contributed by atoms with Gasteiger partial charge in [0, 0.05) is 41.5 Å². The highest BCUT2D eigenvalue weighted by molar-refractivity contribution is 5.84. The van der Waals surface area contributed by atoms with Crippen LogP contribution in [0.3, 0.4) is 0 Å². The molecular formula is C56H89N5O5. The molecule has 7 saturated carbocycles. The Labute approximate surface area is 398 Å². The Morgan fingerprint density at radius 1 is 0.727 bits per heavy atom. The molecule has 9 aliphatic rings. The van der Waals surface area contributed by atoms with Gasteiger partial charge in [0.25, 0.3) is 0 Å². The van der Waals surface area contributed by atoms with Gasteiger partial charge in [0.05, 0.1) is 17.3 Å². The Hall–Kier alpha value is -2.49. The maximum atomic E-state index is 15.6. The Morgan fingerprint density at radius 2 is 1.41 bits per heavy atom. The van der Waals surface area contributed by atoms with Crippen LogP contribution in [0.25, 0.3) is 0 Å². The van der Waals surface area contributed by atoms with Crippen molar-refractivity contribution in [3.05, 3.63) is 11.6 Å². The third kappa shape index (κ3) is 6.69. The number of carbonyl (C=O) groups is 3. The van der Waals surface area contributed by atoms with E-state index in [1.54, 1.807) is 0 Å². The Morgan fingerprint density at radius 3 is 2.03 bits per heavy atom. The molecule has 1 aromatic rings. The molecule has 2 N–H and O–H groups in total. The summed E-state index contributed by atoms with van der Waals surface area (Å²) in [6.07, 6.45) is 18.7. The maximum Gasteiger partial charge on any atom is 0.309 e. The van der Waals surface area contributed by atoms with Crippen molar-refractivity contribution >= 4 is 17.8 Å². The van der Waals surface area contributed by atoms with Gasteiger partial charge in [-0.15, -0.1) is 10.2 Å². The van der Waals surface area contributed by atoms with Gasteiger partial charge < -0.3 is 19.7 Å². The molecule has 10 heteroatoms. The number of rotatable bonds is 10. The fraction of sp³-hybridized carbons (Fsp3) is 0.911. The van der Waals surface area contributed by atoms with Gasteiger partial charge in [0.2, 0.25) is 5.91 Å². The molecule has 1 aromatic heterocycles. The molecule has 10 nitrogen and oxygen atoms in total. The molecule has 0 spiro atoms. The standard InChI is InChI=1S/C56H89N5O5/c1-32(2)45-59-58-33(3)61(45)36-28-34-14-15-35(29-36)60(34)31-49(4,5)57-48(65)56-23-18-37(52(10)24-25-52)44(56)38-16-17-42-53(11)21-20-43(66-47(64)40-30-39(46(62)63)50(40,6)7)51(8,9)41(53)19-22-55(42,13)54(38,12)26-27-56/h32,34-44H,14-31H2,1-13H3,(H,57,65)(H,62,63)/t34?,35?,36?,37-,38-,39+,40-,41+,42-,43+,44-,53+,54-,55-,56+/m1/s1. The number of amides is 1. The second-order valence-corrected chi connectivity index (χ2v) is 28.1. The SMILES string of the molecule is Cc1nnc(C(C)C)n1C1CC2CCC(C1)N2CC(C)(C)NC(=O)[C@]12CC[C@@H](C3(C)CC3)[C@@H]1[C@H]1CC[C@@H]3[C@@]4(C)CC[C@H](OC(=O)[C@H]5C[C@@H](C(=O)O)C5(C)C)C(C)(C)[C@@H]4CC[C@@]3(C)[C@]1(C)CC2. The van der Waals surface area contributed by atoms with Gasteiger partial charge in [-0.2, -0.15) is 0 Å². The minimum Gasteiger partial charge on any atom is -0.481 e. The summed E-state index contributed by atoms with van der Waals surface area (Å²) in [5.74, 6) is 3.67. The van der Waals surface area contributed by atoms with Crippen molar-refractivity contribution in [2.75, 3.05) is 6.54 Å².